The number of amides is 4. The fourth-order valence-electron chi connectivity index (χ4n) is 7.41. The lowest BCUT2D eigenvalue weighted by Crippen LogP contribution is -2.54. The molecule has 2 aromatic rings. The van der Waals surface area contributed by atoms with Crippen LogP contribution in [0.2, 0.25) is 0 Å². The van der Waals surface area contributed by atoms with Crippen LogP contribution >= 0.6 is 0 Å². The van der Waals surface area contributed by atoms with E-state index in [0.29, 0.717) is 11.4 Å². The molecule has 4 aliphatic carbocycles. The third-order valence-corrected chi connectivity index (χ3v) is 8.65. The standard InChI is InChI=1S/C29H30N2O4/c1-17-9-24(35-2)8-3-21(17)13-25-26(32)30-28(34)31(27(25)33)23-6-4-22(5-7-23)29-14-18-10-19(15-29)12-20(11-18)16-29/h3-9,13,18-20H,10-12,14-16H2,1-2H3,(H,30,32,34)/b25-13+. The van der Waals surface area contributed by atoms with Crippen molar-refractivity contribution in [3.8, 4) is 5.75 Å². The molecule has 180 valence electrons. The Labute approximate surface area is 205 Å². The number of imide groups is 2. The summed E-state index contributed by atoms with van der Waals surface area (Å²) in [7, 11) is 1.59. The minimum atomic E-state index is -0.717. The van der Waals surface area contributed by atoms with E-state index in [1.807, 2.05) is 25.1 Å². The molecule has 1 aliphatic heterocycles. The van der Waals surface area contributed by atoms with Crippen molar-refractivity contribution in [3.05, 3.63) is 64.7 Å². The third kappa shape index (κ3) is 3.67. The first-order valence-electron chi connectivity index (χ1n) is 12.5. The summed E-state index contributed by atoms with van der Waals surface area (Å²) in [6.45, 7) is 1.88. The molecule has 0 atom stereocenters. The van der Waals surface area contributed by atoms with Crippen molar-refractivity contribution in [2.45, 2.75) is 50.9 Å². The van der Waals surface area contributed by atoms with Gasteiger partial charge in [0.2, 0.25) is 0 Å². The SMILES string of the molecule is COc1ccc(/C=C2\C(=O)NC(=O)N(c3ccc(C45CC6CC(CC(C6)C4)C5)cc3)C2=O)c(C)c1. The van der Waals surface area contributed by atoms with Crippen LogP contribution in [0.4, 0.5) is 10.5 Å². The van der Waals surface area contributed by atoms with Crippen LogP contribution in [-0.4, -0.2) is 25.0 Å². The Balaban J connectivity index is 1.29. The molecule has 2 aromatic carbocycles. The summed E-state index contributed by atoms with van der Waals surface area (Å²) in [4.78, 5) is 39.7. The Morgan fingerprint density at radius 3 is 2.14 bits per heavy atom. The average Bonchev–Trinajstić information content (AvgIpc) is 2.82. The van der Waals surface area contributed by atoms with E-state index in [-0.39, 0.29) is 11.0 Å². The van der Waals surface area contributed by atoms with Crippen LogP contribution in [0.3, 0.4) is 0 Å². The Bertz CT molecular complexity index is 1220. The molecule has 0 radical (unpaired) electrons. The number of urea groups is 1. The number of hydrogen-bond acceptors (Lipinski definition) is 4. The van der Waals surface area contributed by atoms with Crippen molar-refractivity contribution in [3.63, 3.8) is 0 Å². The van der Waals surface area contributed by atoms with E-state index in [9.17, 15) is 14.4 Å². The predicted molar refractivity (Wildman–Crippen MR) is 133 cm³/mol. The first kappa shape index (κ1) is 22.1. The highest BCUT2D eigenvalue weighted by Gasteiger charge is 2.51. The molecule has 5 fully saturated rings. The van der Waals surface area contributed by atoms with Gasteiger partial charge in [0, 0.05) is 0 Å². The van der Waals surface area contributed by atoms with Gasteiger partial charge in [0.25, 0.3) is 11.8 Å². The van der Waals surface area contributed by atoms with E-state index in [2.05, 4.69) is 17.4 Å². The second kappa shape index (κ2) is 8.08. The monoisotopic (exact) mass is 470 g/mol. The highest BCUT2D eigenvalue weighted by atomic mass is 16.5. The molecule has 4 amide bonds. The summed E-state index contributed by atoms with van der Waals surface area (Å²) < 4.78 is 5.24. The lowest BCUT2D eigenvalue weighted by atomic mass is 9.48. The molecule has 1 saturated heterocycles. The summed E-state index contributed by atoms with van der Waals surface area (Å²) >= 11 is 0. The number of benzene rings is 2. The van der Waals surface area contributed by atoms with Gasteiger partial charge in [-0.3, -0.25) is 14.9 Å². The van der Waals surface area contributed by atoms with E-state index < -0.39 is 17.8 Å². The number of aryl methyl sites for hydroxylation is 1. The smallest absolute Gasteiger partial charge is 0.335 e. The normalized spacial score (nSPS) is 30.7. The summed E-state index contributed by atoms with van der Waals surface area (Å²) in [6, 6.07) is 12.6. The van der Waals surface area contributed by atoms with E-state index in [1.165, 1.54) is 50.2 Å². The molecule has 0 unspecified atom stereocenters. The molecular weight excluding hydrogens is 440 g/mol. The molecule has 4 bridgehead atoms. The molecule has 1 N–H and O–H groups in total. The summed E-state index contributed by atoms with van der Waals surface area (Å²) in [5.74, 6) is 1.93. The first-order chi connectivity index (χ1) is 16.8. The Kier molecular flexibility index (Phi) is 5.09. The number of rotatable bonds is 4. The highest BCUT2D eigenvalue weighted by Crippen LogP contribution is 2.60. The number of hydrogen-bond donors (Lipinski definition) is 1. The van der Waals surface area contributed by atoms with Gasteiger partial charge >= 0.3 is 6.03 Å². The second-order valence-corrected chi connectivity index (χ2v) is 10.9. The number of nitrogens with zero attached hydrogens (tertiary/aromatic N) is 1. The minimum absolute atomic E-state index is 0.0666. The minimum Gasteiger partial charge on any atom is -0.497 e. The van der Waals surface area contributed by atoms with Crippen LogP contribution in [0.15, 0.2) is 48.0 Å². The van der Waals surface area contributed by atoms with Crippen LogP contribution in [0, 0.1) is 24.7 Å². The van der Waals surface area contributed by atoms with Gasteiger partial charge in [0.15, 0.2) is 0 Å². The molecule has 5 aliphatic rings. The molecule has 0 spiro atoms. The van der Waals surface area contributed by atoms with Crippen molar-refractivity contribution in [2.24, 2.45) is 17.8 Å². The zero-order chi connectivity index (χ0) is 24.3. The molecule has 0 aromatic heterocycles. The fraction of sp³-hybridized carbons (Fsp3) is 0.414. The first-order valence-corrected chi connectivity index (χ1v) is 12.5. The van der Waals surface area contributed by atoms with Crippen molar-refractivity contribution in [1.82, 2.24) is 5.32 Å². The largest absolute Gasteiger partial charge is 0.497 e. The average molecular weight is 471 g/mol. The molecule has 1 heterocycles. The highest BCUT2D eigenvalue weighted by molar-refractivity contribution is 6.39. The van der Waals surface area contributed by atoms with E-state index in [0.717, 1.165) is 33.8 Å². The van der Waals surface area contributed by atoms with Crippen LogP contribution in [0.25, 0.3) is 6.08 Å². The zero-order valence-corrected chi connectivity index (χ0v) is 20.2. The topological polar surface area (TPSA) is 75.7 Å². The molecule has 6 nitrogen and oxygen atoms in total. The van der Waals surface area contributed by atoms with Crippen molar-refractivity contribution in [1.29, 1.82) is 0 Å². The third-order valence-electron chi connectivity index (χ3n) is 8.65. The van der Waals surface area contributed by atoms with Crippen molar-refractivity contribution in [2.75, 3.05) is 12.0 Å². The zero-order valence-electron chi connectivity index (χ0n) is 20.2. The number of methoxy groups -OCH3 is 1. The van der Waals surface area contributed by atoms with Gasteiger partial charge in [-0.05, 0) is 116 Å². The fourth-order valence-corrected chi connectivity index (χ4v) is 7.41. The Hall–Kier alpha value is -3.41. The van der Waals surface area contributed by atoms with Gasteiger partial charge in [-0.15, -0.1) is 0 Å². The van der Waals surface area contributed by atoms with Crippen molar-refractivity contribution < 1.29 is 19.1 Å². The number of barbiturate groups is 1. The van der Waals surface area contributed by atoms with E-state index in [1.54, 1.807) is 19.2 Å². The summed E-state index contributed by atoms with van der Waals surface area (Å²) in [5.41, 5.74) is 3.56. The number of carbonyl (C=O) groups excluding carboxylic acids is 3. The lowest BCUT2D eigenvalue weighted by Gasteiger charge is -2.57. The van der Waals surface area contributed by atoms with Crippen LogP contribution in [-0.2, 0) is 15.0 Å². The molecular formula is C29H30N2O4. The van der Waals surface area contributed by atoms with Gasteiger partial charge in [-0.2, -0.15) is 0 Å². The second-order valence-electron chi connectivity index (χ2n) is 10.9. The van der Waals surface area contributed by atoms with E-state index >= 15 is 0 Å². The summed E-state index contributed by atoms with van der Waals surface area (Å²) in [6.07, 6.45) is 9.46. The number of carbonyl (C=O) groups is 3. The Morgan fingerprint density at radius 2 is 1.57 bits per heavy atom. The van der Waals surface area contributed by atoms with Gasteiger partial charge in [-0.1, -0.05) is 18.2 Å². The van der Waals surface area contributed by atoms with Crippen LogP contribution in [0.5, 0.6) is 5.75 Å². The number of anilines is 1. The van der Waals surface area contributed by atoms with Crippen LogP contribution in [0.1, 0.15) is 55.2 Å². The van der Waals surface area contributed by atoms with Crippen molar-refractivity contribution >= 4 is 29.6 Å². The molecule has 6 heteroatoms. The quantitative estimate of drug-likeness (QED) is 0.496. The van der Waals surface area contributed by atoms with Crippen LogP contribution < -0.4 is 15.0 Å². The van der Waals surface area contributed by atoms with Gasteiger partial charge in [0.05, 0.1) is 12.8 Å². The van der Waals surface area contributed by atoms with Gasteiger partial charge < -0.3 is 4.74 Å². The maximum Gasteiger partial charge on any atom is 0.335 e. The molecule has 35 heavy (non-hydrogen) atoms. The van der Waals surface area contributed by atoms with E-state index in [4.69, 9.17) is 4.74 Å². The van der Waals surface area contributed by atoms with Gasteiger partial charge in [-0.25, -0.2) is 9.69 Å². The van der Waals surface area contributed by atoms with Gasteiger partial charge in [0.1, 0.15) is 11.3 Å². The Morgan fingerprint density at radius 1 is 0.943 bits per heavy atom. The lowest BCUT2D eigenvalue weighted by molar-refractivity contribution is -0.122. The maximum atomic E-state index is 13.3. The molecule has 4 saturated carbocycles. The predicted octanol–water partition coefficient (Wildman–Crippen LogP) is 5.14. The summed E-state index contributed by atoms with van der Waals surface area (Å²) in [5, 5.41) is 2.33. The number of nitrogens with one attached hydrogen (secondary N) is 1. The number of ether oxygens (including phenoxy) is 1. The molecule has 7 rings (SSSR count). The maximum absolute atomic E-state index is 13.3.